The Bertz CT molecular complexity index is 1170. The van der Waals surface area contributed by atoms with Gasteiger partial charge in [-0.3, -0.25) is 24.6 Å². The zero-order valence-electron chi connectivity index (χ0n) is 17.4. The van der Waals surface area contributed by atoms with Gasteiger partial charge in [-0.25, -0.2) is 4.79 Å². The molecule has 2 aliphatic heterocycles. The Morgan fingerprint density at radius 1 is 1.24 bits per heavy atom. The van der Waals surface area contributed by atoms with Crippen LogP contribution in [0.4, 0.5) is 5.69 Å². The van der Waals surface area contributed by atoms with Gasteiger partial charge in [0.15, 0.2) is 6.10 Å². The number of nitrogens with one attached hydrogen (secondary N) is 1. The molecule has 34 heavy (non-hydrogen) atoms. The van der Waals surface area contributed by atoms with Gasteiger partial charge in [-0.05, 0) is 23.3 Å². The molecule has 2 N–H and O–H groups in total. The van der Waals surface area contributed by atoms with Crippen molar-refractivity contribution < 1.29 is 29.2 Å². The van der Waals surface area contributed by atoms with Crippen molar-refractivity contribution in [2.75, 3.05) is 5.75 Å². The molecule has 0 bridgehead atoms. The molecule has 0 aliphatic carbocycles. The first-order valence-electron chi connectivity index (χ1n) is 10.0. The number of hydrogen-bond acceptors (Lipinski definition) is 8. The fourth-order valence-corrected chi connectivity index (χ4v) is 5.07. The molecule has 1 fully saturated rings. The van der Waals surface area contributed by atoms with Gasteiger partial charge < -0.3 is 15.2 Å². The molecule has 4 rings (SSSR count). The van der Waals surface area contributed by atoms with Crippen LogP contribution < -0.4 is 5.32 Å². The average Bonchev–Trinajstić information content (AvgIpc) is 2.85. The molecule has 1 unspecified atom stereocenters. The van der Waals surface area contributed by atoms with Crippen LogP contribution >= 0.6 is 23.4 Å². The molecule has 176 valence electrons. The van der Waals surface area contributed by atoms with E-state index in [1.807, 2.05) is 0 Å². The van der Waals surface area contributed by atoms with Gasteiger partial charge >= 0.3 is 5.97 Å². The van der Waals surface area contributed by atoms with E-state index < -0.39 is 40.2 Å². The molecule has 0 saturated carbocycles. The predicted molar refractivity (Wildman–Crippen MR) is 122 cm³/mol. The number of aliphatic hydroxyl groups excluding tert-OH is 1. The molecular formula is C22H18ClN3O7S. The largest absolute Gasteiger partial charge is 0.456 e. The number of thioether (sulfide) groups is 1. The molecule has 0 spiro atoms. The lowest BCUT2D eigenvalue weighted by Crippen LogP contribution is -2.70. The van der Waals surface area contributed by atoms with Crippen molar-refractivity contribution in [3.63, 3.8) is 0 Å². The minimum absolute atomic E-state index is 0.0929. The Kier molecular flexibility index (Phi) is 6.87. The molecule has 2 aromatic carbocycles. The van der Waals surface area contributed by atoms with Crippen molar-refractivity contribution in [2.24, 2.45) is 0 Å². The van der Waals surface area contributed by atoms with E-state index >= 15 is 0 Å². The molecule has 2 aliphatic rings. The average molecular weight is 504 g/mol. The number of hydrogen-bond donors (Lipinski definition) is 2. The molecule has 2 heterocycles. The third-order valence-corrected chi connectivity index (χ3v) is 7.04. The van der Waals surface area contributed by atoms with Gasteiger partial charge in [0.05, 0.1) is 9.96 Å². The first kappa shape index (κ1) is 23.7. The third kappa shape index (κ3) is 4.63. The number of amides is 2. The minimum Gasteiger partial charge on any atom is -0.456 e. The Morgan fingerprint density at radius 2 is 1.91 bits per heavy atom. The second-order valence-electron chi connectivity index (χ2n) is 7.46. The van der Waals surface area contributed by atoms with E-state index in [0.717, 1.165) is 0 Å². The number of ether oxygens (including phenoxy) is 1. The van der Waals surface area contributed by atoms with Crippen molar-refractivity contribution >= 4 is 46.8 Å². The number of non-ortho nitro benzene ring substituents is 1. The number of esters is 1. The zero-order chi connectivity index (χ0) is 24.4. The highest BCUT2D eigenvalue weighted by Gasteiger charge is 2.54. The van der Waals surface area contributed by atoms with Gasteiger partial charge in [0, 0.05) is 17.9 Å². The number of halogens is 1. The Hall–Kier alpha value is -3.41. The Labute approximate surface area is 202 Å². The summed E-state index contributed by atoms with van der Waals surface area (Å²) in [7, 11) is 0. The summed E-state index contributed by atoms with van der Waals surface area (Å²) in [5.41, 5.74) is 0.710. The van der Waals surface area contributed by atoms with E-state index in [1.54, 1.807) is 30.3 Å². The number of carbonyl (C=O) groups is 3. The van der Waals surface area contributed by atoms with Gasteiger partial charge in [-0.2, -0.15) is 0 Å². The zero-order valence-corrected chi connectivity index (χ0v) is 19.0. The van der Waals surface area contributed by atoms with Crippen molar-refractivity contribution in [1.82, 2.24) is 10.2 Å². The number of nitrogens with zero attached hydrogens (tertiary/aromatic N) is 2. The highest BCUT2D eigenvalue weighted by molar-refractivity contribution is 8.00. The molecule has 12 heteroatoms. The van der Waals surface area contributed by atoms with Crippen LogP contribution in [0.15, 0.2) is 65.3 Å². The monoisotopic (exact) mass is 503 g/mol. The van der Waals surface area contributed by atoms with Crippen LogP contribution in [0, 0.1) is 10.1 Å². The van der Waals surface area contributed by atoms with Crippen LogP contribution in [-0.4, -0.2) is 49.9 Å². The van der Waals surface area contributed by atoms with Gasteiger partial charge in [-0.15, -0.1) is 11.8 Å². The number of nitro benzene ring substituents is 1. The van der Waals surface area contributed by atoms with E-state index in [1.165, 1.54) is 40.9 Å². The molecule has 3 atom stereocenters. The van der Waals surface area contributed by atoms with E-state index in [9.17, 15) is 29.6 Å². The quantitative estimate of drug-likeness (QED) is 0.254. The third-order valence-electron chi connectivity index (χ3n) is 5.29. The van der Waals surface area contributed by atoms with E-state index in [4.69, 9.17) is 16.3 Å². The lowest BCUT2D eigenvalue weighted by atomic mass is 10.0. The highest BCUT2D eigenvalue weighted by atomic mass is 35.5. The second kappa shape index (κ2) is 9.84. The van der Waals surface area contributed by atoms with Crippen molar-refractivity contribution in [3.8, 4) is 0 Å². The maximum atomic E-state index is 12.8. The summed E-state index contributed by atoms with van der Waals surface area (Å²) in [6, 6.07) is 12.9. The molecule has 0 aromatic heterocycles. The lowest BCUT2D eigenvalue weighted by Gasteiger charge is -2.49. The molecular weight excluding hydrogens is 486 g/mol. The summed E-state index contributed by atoms with van der Waals surface area (Å²) in [5.74, 6) is -1.87. The fraction of sp³-hybridized carbons (Fsp3) is 0.227. The second-order valence-corrected chi connectivity index (χ2v) is 9.02. The molecule has 2 aromatic rings. The van der Waals surface area contributed by atoms with Gasteiger partial charge in [-0.1, -0.05) is 41.9 Å². The first-order chi connectivity index (χ1) is 16.3. The number of β-lactam (4-membered cyclic amide) rings is 1. The number of rotatable bonds is 7. The standard InChI is InChI=1S/C22H18ClN3O7S/c23-15-11-34-21-16(24-19(28)18(27)13-4-2-1-3-5-13)20(29)25(21)17(15)22(30)33-10-12-6-8-14(9-7-12)26(31)32/h1-9,16,18,21,27H,10-11H2,(H,24,28)/t16?,18-,21-/m1/s1. The first-order valence-corrected chi connectivity index (χ1v) is 11.5. The van der Waals surface area contributed by atoms with Crippen molar-refractivity contribution in [3.05, 3.63) is 86.6 Å². The van der Waals surface area contributed by atoms with Gasteiger partial charge in [0.1, 0.15) is 23.7 Å². The maximum absolute atomic E-state index is 12.8. The summed E-state index contributed by atoms with van der Waals surface area (Å²) in [5, 5.41) is 23.1. The van der Waals surface area contributed by atoms with Crippen LogP contribution in [0.25, 0.3) is 0 Å². The maximum Gasteiger partial charge on any atom is 0.356 e. The highest BCUT2D eigenvalue weighted by Crippen LogP contribution is 2.42. The van der Waals surface area contributed by atoms with Crippen LogP contribution in [-0.2, 0) is 25.7 Å². The SMILES string of the molecule is O=C(OCc1ccc([N+](=O)[O-])cc1)C1=C(Cl)CS[C@@H]2C(NC(=O)[C@H](O)c3ccccc3)C(=O)N12. The summed E-state index contributed by atoms with van der Waals surface area (Å²) in [6.07, 6.45) is -1.44. The summed E-state index contributed by atoms with van der Waals surface area (Å²) in [4.78, 5) is 49.3. The van der Waals surface area contributed by atoms with Gasteiger partial charge in [0.2, 0.25) is 0 Å². The van der Waals surface area contributed by atoms with E-state index in [2.05, 4.69) is 5.32 Å². The fourth-order valence-electron chi connectivity index (χ4n) is 3.52. The van der Waals surface area contributed by atoms with E-state index in [0.29, 0.717) is 11.1 Å². The summed E-state index contributed by atoms with van der Waals surface area (Å²) >= 11 is 7.49. The number of benzene rings is 2. The predicted octanol–water partition coefficient (Wildman–Crippen LogP) is 2.22. The smallest absolute Gasteiger partial charge is 0.356 e. The van der Waals surface area contributed by atoms with Crippen LogP contribution in [0.2, 0.25) is 0 Å². The van der Waals surface area contributed by atoms with Crippen molar-refractivity contribution in [2.45, 2.75) is 24.1 Å². The topological polar surface area (TPSA) is 139 Å². The number of nitro groups is 1. The number of fused-ring (bicyclic) bond motifs is 1. The summed E-state index contributed by atoms with van der Waals surface area (Å²) < 4.78 is 5.27. The molecule has 10 nitrogen and oxygen atoms in total. The van der Waals surface area contributed by atoms with Crippen LogP contribution in [0.3, 0.4) is 0 Å². The Morgan fingerprint density at radius 3 is 2.56 bits per heavy atom. The normalized spacial score (nSPS) is 20.2. The molecule has 2 amide bonds. The Balaban J connectivity index is 1.39. The van der Waals surface area contributed by atoms with Crippen molar-refractivity contribution in [1.29, 1.82) is 0 Å². The van der Waals surface area contributed by atoms with Crippen LogP contribution in [0.1, 0.15) is 17.2 Å². The van der Waals surface area contributed by atoms with Gasteiger partial charge in [0.25, 0.3) is 17.5 Å². The molecule has 0 radical (unpaired) electrons. The summed E-state index contributed by atoms with van der Waals surface area (Å²) in [6.45, 7) is -0.173. The van der Waals surface area contributed by atoms with E-state index in [-0.39, 0.29) is 28.8 Å². The number of carbonyl (C=O) groups excluding carboxylic acids is 3. The molecule has 1 saturated heterocycles. The number of aliphatic hydroxyl groups is 1. The van der Waals surface area contributed by atoms with Crippen LogP contribution in [0.5, 0.6) is 0 Å². The minimum atomic E-state index is -1.44. The lowest BCUT2D eigenvalue weighted by molar-refractivity contribution is -0.384.